The number of phenols is 1. The van der Waals surface area contributed by atoms with Crippen LogP contribution in [0.4, 0.5) is 0 Å². The summed E-state index contributed by atoms with van der Waals surface area (Å²) >= 11 is 4.54. The Balaban J connectivity index is 2.33. The van der Waals surface area contributed by atoms with Crippen LogP contribution < -0.4 is 0 Å². The highest BCUT2D eigenvalue weighted by atomic mass is 127. The van der Waals surface area contributed by atoms with E-state index in [1.54, 1.807) is 0 Å². The standard InChI is InChI=1S/C12H14I2O/c13-9-6-10(12(15)11(14)7-9)8-4-2-1-3-5-8/h6-8,15H,1-5H2. The Morgan fingerprint density at radius 3 is 2.40 bits per heavy atom. The van der Waals surface area contributed by atoms with E-state index in [1.165, 1.54) is 41.2 Å². The van der Waals surface area contributed by atoms with Gasteiger partial charge in [0, 0.05) is 3.57 Å². The normalized spacial score (nSPS) is 18.0. The Morgan fingerprint density at radius 2 is 1.73 bits per heavy atom. The van der Waals surface area contributed by atoms with E-state index in [2.05, 4.69) is 51.2 Å². The summed E-state index contributed by atoms with van der Waals surface area (Å²) in [5, 5.41) is 10.1. The van der Waals surface area contributed by atoms with Gasteiger partial charge in [0.05, 0.1) is 3.57 Å². The van der Waals surface area contributed by atoms with E-state index in [0.29, 0.717) is 11.7 Å². The highest BCUT2D eigenvalue weighted by molar-refractivity contribution is 14.1. The van der Waals surface area contributed by atoms with Gasteiger partial charge in [-0.25, -0.2) is 0 Å². The Morgan fingerprint density at radius 1 is 1.07 bits per heavy atom. The zero-order valence-electron chi connectivity index (χ0n) is 8.47. The van der Waals surface area contributed by atoms with Crippen molar-refractivity contribution in [2.45, 2.75) is 38.0 Å². The molecule has 0 amide bonds. The number of hydrogen-bond donors (Lipinski definition) is 1. The zero-order valence-corrected chi connectivity index (χ0v) is 12.8. The van der Waals surface area contributed by atoms with Crippen LogP contribution in [-0.2, 0) is 0 Å². The van der Waals surface area contributed by atoms with Gasteiger partial charge in [0.2, 0.25) is 0 Å². The molecule has 1 aromatic rings. The van der Waals surface area contributed by atoms with Gasteiger partial charge in [-0.3, -0.25) is 0 Å². The molecule has 2 rings (SSSR count). The molecule has 0 atom stereocenters. The minimum atomic E-state index is 0.517. The van der Waals surface area contributed by atoms with E-state index in [1.807, 2.05) is 6.07 Å². The molecule has 0 radical (unpaired) electrons. The summed E-state index contributed by atoms with van der Waals surface area (Å²) in [6.45, 7) is 0. The zero-order chi connectivity index (χ0) is 10.8. The third-order valence-electron chi connectivity index (χ3n) is 3.10. The molecule has 1 nitrogen and oxygen atoms in total. The van der Waals surface area contributed by atoms with Crippen LogP contribution in [-0.4, -0.2) is 5.11 Å². The lowest BCUT2D eigenvalue weighted by Gasteiger charge is -2.23. The van der Waals surface area contributed by atoms with Crippen molar-refractivity contribution in [1.29, 1.82) is 0 Å². The molecule has 0 unspecified atom stereocenters. The number of phenolic OH excluding ortho intramolecular Hbond substituents is 1. The van der Waals surface area contributed by atoms with Gasteiger partial charge in [-0.15, -0.1) is 0 Å². The van der Waals surface area contributed by atoms with Gasteiger partial charge in [-0.05, 0) is 81.6 Å². The summed E-state index contributed by atoms with van der Waals surface area (Å²) < 4.78 is 2.22. The van der Waals surface area contributed by atoms with Crippen molar-refractivity contribution in [1.82, 2.24) is 0 Å². The number of rotatable bonds is 1. The molecule has 1 aromatic carbocycles. The summed E-state index contributed by atoms with van der Waals surface area (Å²) in [6, 6.07) is 4.18. The van der Waals surface area contributed by atoms with Crippen molar-refractivity contribution >= 4 is 45.2 Å². The maximum atomic E-state index is 10.1. The maximum Gasteiger partial charge on any atom is 0.132 e. The topological polar surface area (TPSA) is 20.2 Å². The van der Waals surface area contributed by atoms with E-state index in [-0.39, 0.29) is 0 Å². The molecule has 0 bridgehead atoms. The van der Waals surface area contributed by atoms with Crippen LogP contribution >= 0.6 is 45.2 Å². The summed E-state index contributed by atoms with van der Waals surface area (Å²) in [6.07, 6.45) is 6.46. The molecule has 1 aliphatic carbocycles. The van der Waals surface area contributed by atoms with Crippen LogP contribution in [0.1, 0.15) is 43.6 Å². The van der Waals surface area contributed by atoms with Crippen molar-refractivity contribution in [3.8, 4) is 5.75 Å². The lowest BCUT2D eigenvalue weighted by atomic mass is 9.84. The smallest absolute Gasteiger partial charge is 0.132 e. The quantitative estimate of drug-likeness (QED) is 0.647. The Bertz CT molecular complexity index is 357. The number of benzene rings is 1. The second-order valence-electron chi connectivity index (χ2n) is 4.16. The summed E-state index contributed by atoms with van der Waals surface area (Å²) in [5.41, 5.74) is 1.17. The van der Waals surface area contributed by atoms with Gasteiger partial charge in [-0.2, -0.15) is 0 Å². The van der Waals surface area contributed by atoms with Crippen molar-refractivity contribution in [2.24, 2.45) is 0 Å². The van der Waals surface area contributed by atoms with Crippen molar-refractivity contribution in [3.05, 3.63) is 24.8 Å². The first kappa shape index (κ1) is 12.0. The number of aromatic hydroxyl groups is 1. The monoisotopic (exact) mass is 428 g/mol. The first-order valence-electron chi connectivity index (χ1n) is 5.36. The van der Waals surface area contributed by atoms with Gasteiger partial charge < -0.3 is 5.11 Å². The summed E-state index contributed by atoms with van der Waals surface area (Å²) in [7, 11) is 0. The second-order valence-corrected chi connectivity index (χ2v) is 6.57. The van der Waals surface area contributed by atoms with Crippen LogP contribution in [0.25, 0.3) is 0 Å². The number of halogens is 2. The molecule has 1 aliphatic rings. The molecule has 1 saturated carbocycles. The van der Waals surface area contributed by atoms with E-state index >= 15 is 0 Å². The maximum absolute atomic E-state index is 10.1. The molecule has 3 heteroatoms. The van der Waals surface area contributed by atoms with E-state index in [4.69, 9.17) is 0 Å². The molecule has 0 saturated heterocycles. The van der Waals surface area contributed by atoms with Gasteiger partial charge in [0.25, 0.3) is 0 Å². The summed E-state index contributed by atoms with van der Waals surface area (Å²) in [4.78, 5) is 0. The molecule has 0 heterocycles. The lowest BCUT2D eigenvalue weighted by Crippen LogP contribution is -2.05. The average Bonchev–Trinajstić information content (AvgIpc) is 2.24. The Hall–Kier alpha value is 0.480. The first-order chi connectivity index (χ1) is 7.18. The highest BCUT2D eigenvalue weighted by Gasteiger charge is 2.20. The molecule has 0 aromatic heterocycles. The molecular weight excluding hydrogens is 414 g/mol. The van der Waals surface area contributed by atoms with Crippen LogP contribution in [0.5, 0.6) is 5.75 Å². The van der Waals surface area contributed by atoms with Gasteiger partial charge in [0.1, 0.15) is 5.75 Å². The van der Waals surface area contributed by atoms with Crippen LogP contribution in [0.3, 0.4) is 0 Å². The van der Waals surface area contributed by atoms with E-state index < -0.39 is 0 Å². The summed E-state index contributed by atoms with van der Waals surface area (Å²) in [5.74, 6) is 1.10. The lowest BCUT2D eigenvalue weighted by molar-refractivity contribution is 0.412. The number of hydrogen-bond acceptors (Lipinski definition) is 1. The van der Waals surface area contributed by atoms with Crippen LogP contribution in [0.2, 0.25) is 0 Å². The third-order valence-corrected chi connectivity index (χ3v) is 4.55. The predicted octanol–water partition coefficient (Wildman–Crippen LogP) is 4.65. The molecule has 0 aliphatic heterocycles. The van der Waals surface area contributed by atoms with Crippen LogP contribution in [0.15, 0.2) is 12.1 Å². The van der Waals surface area contributed by atoms with E-state index in [9.17, 15) is 5.11 Å². The first-order valence-corrected chi connectivity index (χ1v) is 7.52. The molecule has 0 spiro atoms. The third kappa shape index (κ3) is 2.78. The molecule has 82 valence electrons. The van der Waals surface area contributed by atoms with Gasteiger partial charge >= 0.3 is 0 Å². The highest BCUT2D eigenvalue weighted by Crippen LogP contribution is 2.39. The molecule has 1 fully saturated rings. The van der Waals surface area contributed by atoms with Crippen molar-refractivity contribution in [2.75, 3.05) is 0 Å². The van der Waals surface area contributed by atoms with Crippen LogP contribution in [0, 0.1) is 7.14 Å². The fraction of sp³-hybridized carbons (Fsp3) is 0.500. The van der Waals surface area contributed by atoms with Gasteiger partial charge in [0.15, 0.2) is 0 Å². The molecule has 1 N–H and O–H groups in total. The Kier molecular flexibility index (Phi) is 4.15. The SMILES string of the molecule is Oc1c(I)cc(I)cc1C1CCCCC1. The minimum Gasteiger partial charge on any atom is -0.507 e. The van der Waals surface area contributed by atoms with Crippen molar-refractivity contribution in [3.63, 3.8) is 0 Å². The predicted molar refractivity (Wildman–Crippen MR) is 79.4 cm³/mol. The Labute approximate surface area is 118 Å². The second kappa shape index (κ2) is 5.21. The van der Waals surface area contributed by atoms with E-state index in [0.717, 1.165) is 3.57 Å². The average molecular weight is 428 g/mol. The fourth-order valence-corrected chi connectivity index (χ4v) is 4.20. The molecule has 15 heavy (non-hydrogen) atoms. The fourth-order valence-electron chi connectivity index (χ4n) is 2.31. The largest absolute Gasteiger partial charge is 0.507 e. The van der Waals surface area contributed by atoms with Crippen molar-refractivity contribution < 1.29 is 5.11 Å². The molecular formula is C12H14I2O. The van der Waals surface area contributed by atoms with Gasteiger partial charge in [-0.1, -0.05) is 19.3 Å². The minimum absolute atomic E-state index is 0.517.